The molecule has 2 heterocycles. The lowest BCUT2D eigenvalue weighted by molar-refractivity contribution is 0.675. The highest BCUT2D eigenvalue weighted by atomic mass is 15.3. The van der Waals surface area contributed by atoms with E-state index < -0.39 is 0 Å². The molecule has 5 rings (SSSR count). The molecule has 23 heavy (non-hydrogen) atoms. The van der Waals surface area contributed by atoms with Crippen molar-refractivity contribution in [3.05, 3.63) is 54.1 Å². The number of hydrogen-bond acceptors (Lipinski definition) is 4. The van der Waals surface area contributed by atoms with E-state index in [9.17, 15) is 0 Å². The summed E-state index contributed by atoms with van der Waals surface area (Å²) in [4.78, 5) is 4.54. The lowest BCUT2D eigenvalue weighted by atomic mass is 10.0. The van der Waals surface area contributed by atoms with E-state index in [1.165, 1.54) is 31.2 Å². The molecule has 0 aliphatic heterocycles. The number of anilines is 1. The second-order valence-electron chi connectivity index (χ2n) is 6.67. The van der Waals surface area contributed by atoms with E-state index in [2.05, 4.69) is 55.2 Å². The summed E-state index contributed by atoms with van der Waals surface area (Å²) >= 11 is 0. The van der Waals surface area contributed by atoms with Crippen LogP contribution in [0.2, 0.25) is 0 Å². The summed E-state index contributed by atoms with van der Waals surface area (Å²) in [5.74, 6) is 3.18. The van der Waals surface area contributed by atoms with Crippen LogP contribution in [0.5, 0.6) is 0 Å². The van der Waals surface area contributed by atoms with Crippen molar-refractivity contribution in [3.8, 4) is 0 Å². The molecule has 0 saturated heterocycles. The van der Waals surface area contributed by atoms with Crippen LogP contribution in [0.3, 0.4) is 0 Å². The van der Waals surface area contributed by atoms with Gasteiger partial charge >= 0.3 is 0 Å². The van der Waals surface area contributed by atoms with E-state index in [1.54, 1.807) is 0 Å². The first-order valence-corrected chi connectivity index (χ1v) is 8.41. The van der Waals surface area contributed by atoms with Crippen LogP contribution in [0.25, 0.3) is 5.65 Å². The summed E-state index contributed by atoms with van der Waals surface area (Å²) in [6, 6.07) is 10.9. The van der Waals surface area contributed by atoms with Crippen molar-refractivity contribution in [1.82, 2.24) is 19.6 Å². The Bertz CT molecular complexity index is 833. The minimum atomic E-state index is 0.302. The SMILES string of the molecule is c1ccc(C(Nc2nccn3c(C4CC4)nnc23)C2CC2)cc1. The van der Waals surface area contributed by atoms with Gasteiger partial charge in [-0.15, -0.1) is 10.2 Å². The first-order valence-electron chi connectivity index (χ1n) is 8.41. The van der Waals surface area contributed by atoms with Crippen LogP contribution in [-0.2, 0) is 0 Å². The Hall–Kier alpha value is -2.43. The van der Waals surface area contributed by atoms with Crippen LogP contribution < -0.4 is 5.32 Å². The molecule has 5 heteroatoms. The number of hydrogen-bond donors (Lipinski definition) is 1. The lowest BCUT2D eigenvalue weighted by Gasteiger charge is -2.19. The molecule has 0 amide bonds. The van der Waals surface area contributed by atoms with Crippen molar-refractivity contribution in [2.24, 2.45) is 5.92 Å². The molecule has 0 spiro atoms. The van der Waals surface area contributed by atoms with Crippen LogP contribution in [0, 0.1) is 5.92 Å². The van der Waals surface area contributed by atoms with Gasteiger partial charge in [0.25, 0.3) is 0 Å². The summed E-state index contributed by atoms with van der Waals surface area (Å²) in [7, 11) is 0. The maximum atomic E-state index is 4.54. The van der Waals surface area contributed by atoms with Gasteiger partial charge < -0.3 is 5.32 Å². The van der Waals surface area contributed by atoms with Gasteiger partial charge in [-0.3, -0.25) is 4.40 Å². The van der Waals surface area contributed by atoms with Gasteiger partial charge in [0.1, 0.15) is 5.82 Å². The molecule has 116 valence electrons. The monoisotopic (exact) mass is 305 g/mol. The van der Waals surface area contributed by atoms with Crippen LogP contribution in [0.4, 0.5) is 5.82 Å². The Labute approximate surface area is 134 Å². The van der Waals surface area contributed by atoms with Crippen LogP contribution in [0.1, 0.15) is 49.0 Å². The Morgan fingerprint density at radius 1 is 1.04 bits per heavy atom. The summed E-state index contributed by atoms with van der Waals surface area (Å²) in [6.07, 6.45) is 8.81. The lowest BCUT2D eigenvalue weighted by Crippen LogP contribution is -2.14. The minimum absolute atomic E-state index is 0.302. The largest absolute Gasteiger partial charge is 0.360 e. The zero-order valence-electron chi connectivity index (χ0n) is 12.9. The average Bonchev–Trinajstić information content (AvgIpc) is 3.52. The fourth-order valence-electron chi connectivity index (χ4n) is 3.28. The third kappa shape index (κ3) is 2.36. The molecule has 1 atom stereocenters. The Morgan fingerprint density at radius 2 is 1.87 bits per heavy atom. The van der Waals surface area contributed by atoms with Crippen LogP contribution in [0.15, 0.2) is 42.7 Å². The van der Waals surface area contributed by atoms with E-state index in [4.69, 9.17) is 0 Å². The summed E-state index contributed by atoms with van der Waals surface area (Å²) in [5.41, 5.74) is 2.16. The molecule has 2 aliphatic carbocycles. The maximum Gasteiger partial charge on any atom is 0.203 e. The van der Waals surface area contributed by atoms with Gasteiger partial charge in [-0.1, -0.05) is 30.3 Å². The molecule has 2 aliphatic rings. The third-order valence-corrected chi connectivity index (χ3v) is 4.84. The molecule has 0 bridgehead atoms. The predicted molar refractivity (Wildman–Crippen MR) is 88.3 cm³/mol. The Kier molecular flexibility index (Phi) is 2.86. The van der Waals surface area contributed by atoms with Gasteiger partial charge in [0, 0.05) is 18.3 Å². The smallest absolute Gasteiger partial charge is 0.203 e. The molecule has 5 nitrogen and oxygen atoms in total. The van der Waals surface area contributed by atoms with Gasteiger partial charge in [-0.05, 0) is 37.2 Å². The van der Waals surface area contributed by atoms with Crippen molar-refractivity contribution < 1.29 is 0 Å². The molecule has 2 saturated carbocycles. The van der Waals surface area contributed by atoms with E-state index in [-0.39, 0.29) is 0 Å². The van der Waals surface area contributed by atoms with Crippen molar-refractivity contribution in [3.63, 3.8) is 0 Å². The molecule has 1 N–H and O–H groups in total. The zero-order chi connectivity index (χ0) is 15.2. The molecule has 2 fully saturated rings. The second kappa shape index (κ2) is 5.05. The highest BCUT2D eigenvalue weighted by Crippen LogP contribution is 2.43. The fraction of sp³-hybridized carbons (Fsp3) is 0.389. The van der Waals surface area contributed by atoms with Crippen molar-refractivity contribution in [2.75, 3.05) is 5.32 Å². The topological polar surface area (TPSA) is 55.1 Å². The highest BCUT2D eigenvalue weighted by Gasteiger charge is 2.33. The third-order valence-electron chi connectivity index (χ3n) is 4.84. The average molecular weight is 305 g/mol. The van der Waals surface area contributed by atoms with Crippen LogP contribution >= 0.6 is 0 Å². The number of rotatable bonds is 5. The van der Waals surface area contributed by atoms with Gasteiger partial charge in [0.05, 0.1) is 6.04 Å². The first kappa shape index (κ1) is 13.0. The maximum absolute atomic E-state index is 4.54. The van der Waals surface area contributed by atoms with Crippen molar-refractivity contribution in [2.45, 2.75) is 37.6 Å². The number of aromatic nitrogens is 4. The molecular formula is C18H19N5. The standard InChI is InChI=1S/C18H19N5/c1-2-4-12(5-3-1)15(13-6-7-13)20-16-18-22-21-17(14-8-9-14)23(18)11-10-19-16/h1-5,10-11,13-15H,6-9H2,(H,19,20). The van der Waals surface area contributed by atoms with Crippen LogP contribution in [-0.4, -0.2) is 19.6 Å². The molecule has 1 aromatic carbocycles. The first-order chi connectivity index (χ1) is 11.4. The molecule has 0 radical (unpaired) electrons. The molecule has 2 aromatic heterocycles. The predicted octanol–water partition coefficient (Wildman–Crippen LogP) is 3.56. The van der Waals surface area contributed by atoms with Gasteiger partial charge in [-0.2, -0.15) is 0 Å². The molecule has 1 unspecified atom stereocenters. The van der Waals surface area contributed by atoms with Gasteiger partial charge in [0.15, 0.2) is 5.82 Å². The Morgan fingerprint density at radius 3 is 2.61 bits per heavy atom. The summed E-state index contributed by atoms with van der Waals surface area (Å²) in [5, 5.41) is 12.4. The molecule has 3 aromatic rings. The molecular weight excluding hydrogens is 286 g/mol. The summed E-state index contributed by atoms with van der Waals surface area (Å²) in [6.45, 7) is 0. The van der Waals surface area contributed by atoms with Gasteiger partial charge in [-0.25, -0.2) is 4.98 Å². The number of benzene rings is 1. The quantitative estimate of drug-likeness (QED) is 0.783. The van der Waals surface area contributed by atoms with E-state index in [0.29, 0.717) is 17.9 Å². The van der Waals surface area contributed by atoms with E-state index in [0.717, 1.165) is 17.3 Å². The Balaban J connectivity index is 1.52. The fourth-order valence-corrected chi connectivity index (χ4v) is 3.28. The van der Waals surface area contributed by atoms with E-state index >= 15 is 0 Å². The van der Waals surface area contributed by atoms with Crippen molar-refractivity contribution >= 4 is 11.5 Å². The number of fused-ring (bicyclic) bond motifs is 1. The van der Waals surface area contributed by atoms with E-state index in [1.807, 2.05) is 12.4 Å². The second-order valence-corrected chi connectivity index (χ2v) is 6.67. The van der Waals surface area contributed by atoms with Crippen molar-refractivity contribution in [1.29, 1.82) is 0 Å². The normalized spacial score (nSPS) is 19.0. The number of nitrogens with one attached hydrogen (secondary N) is 1. The van der Waals surface area contributed by atoms with Gasteiger partial charge in [0.2, 0.25) is 5.65 Å². The number of nitrogens with zero attached hydrogens (tertiary/aromatic N) is 4. The summed E-state index contributed by atoms with van der Waals surface area (Å²) < 4.78 is 2.10. The zero-order valence-corrected chi connectivity index (χ0v) is 12.9. The minimum Gasteiger partial charge on any atom is -0.360 e. The highest BCUT2D eigenvalue weighted by molar-refractivity contribution is 5.63.